The van der Waals surface area contributed by atoms with Crippen LogP contribution in [-0.4, -0.2) is 46.0 Å². The van der Waals surface area contributed by atoms with Crippen LogP contribution in [0.25, 0.3) is 22.5 Å². The number of aliphatic carboxylic acids is 1. The lowest BCUT2D eigenvalue weighted by atomic mass is 10.1. The fraction of sp³-hybridized carbons (Fsp3) is 0.148. The lowest BCUT2D eigenvalue weighted by molar-refractivity contribution is -0.275. The van der Waals surface area contributed by atoms with Crippen molar-refractivity contribution in [1.82, 2.24) is 15.1 Å². The van der Waals surface area contributed by atoms with Crippen molar-refractivity contribution in [2.45, 2.75) is 19.3 Å². The zero-order valence-corrected chi connectivity index (χ0v) is 20.7. The van der Waals surface area contributed by atoms with Crippen LogP contribution >= 0.6 is 0 Å². The highest BCUT2D eigenvalue weighted by Gasteiger charge is 2.31. The minimum absolute atomic E-state index is 0.141. The van der Waals surface area contributed by atoms with Gasteiger partial charge in [0.2, 0.25) is 0 Å². The minimum atomic E-state index is -4.87. The first-order valence-electron chi connectivity index (χ1n) is 11.6. The van der Waals surface area contributed by atoms with Gasteiger partial charge in [0.1, 0.15) is 18.0 Å². The summed E-state index contributed by atoms with van der Waals surface area (Å²) in [5, 5.41) is 15.5. The fourth-order valence-electron chi connectivity index (χ4n) is 3.76. The molecule has 0 aliphatic carbocycles. The van der Waals surface area contributed by atoms with Gasteiger partial charge < -0.3 is 19.9 Å². The van der Waals surface area contributed by atoms with Crippen molar-refractivity contribution in [3.8, 4) is 34.0 Å². The molecule has 0 radical (unpaired) electrons. The lowest BCUT2D eigenvalue weighted by Gasteiger charge is -2.11. The molecule has 0 unspecified atom stereocenters. The summed E-state index contributed by atoms with van der Waals surface area (Å²) in [4.78, 5) is 22.8. The van der Waals surface area contributed by atoms with Crippen molar-refractivity contribution in [2.75, 3.05) is 6.54 Å². The normalized spacial score (nSPS) is 11.7. The number of carbonyl (C=O) groups is 2. The smallest absolute Gasteiger partial charge is 0.480 e. The monoisotopic (exact) mass is 579 g/mol. The van der Waals surface area contributed by atoms with Crippen molar-refractivity contribution < 1.29 is 50.5 Å². The molecule has 0 atom stereocenters. The molecule has 0 bridgehead atoms. The molecule has 1 heterocycles. The van der Waals surface area contributed by atoms with Gasteiger partial charge in [0, 0.05) is 16.7 Å². The zero-order chi connectivity index (χ0) is 29.8. The number of rotatable bonds is 9. The van der Waals surface area contributed by atoms with Crippen molar-refractivity contribution in [3.63, 3.8) is 0 Å². The van der Waals surface area contributed by atoms with Gasteiger partial charge in [-0.2, -0.15) is 5.10 Å². The van der Waals surface area contributed by atoms with E-state index in [1.54, 1.807) is 18.2 Å². The van der Waals surface area contributed by atoms with E-state index in [1.807, 2.05) is 0 Å². The quantitative estimate of drug-likeness (QED) is 0.240. The molecule has 1 amide bonds. The predicted octanol–water partition coefficient (Wildman–Crippen LogP) is 5.88. The van der Waals surface area contributed by atoms with Crippen molar-refractivity contribution in [1.29, 1.82) is 0 Å². The molecule has 8 nitrogen and oxygen atoms in total. The summed E-state index contributed by atoms with van der Waals surface area (Å²) in [7, 11) is 0. The van der Waals surface area contributed by atoms with Gasteiger partial charge in [-0.1, -0.05) is 12.1 Å². The van der Waals surface area contributed by atoms with Crippen LogP contribution in [0.15, 0.2) is 78.9 Å². The molecule has 1 aromatic heterocycles. The highest BCUT2D eigenvalue weighted by Crippen LogP contribution is 2.31. The van der Waals surface area contributed by atoms with Crippen molar-refractivity contribution in [2.24, 2.45) is 0 Å². The minimum Gasteiger partial charge on any atom is -0.480 e. The molecule has 214 valence electrons. The van der Waals surface area contributed by atoms with E-state index in [4.69, 9.17) is 5.11 Å². The summed E-state index contributed by atoms with van der Waals surface area (Å²) in [6.45, 7) is -0.404. The molecule has 4 rings (SSSR count). The van der Waals surface area contributed by atoms with E-state index in [0.717, 1.165) is 24.3 Å². The van der Waals surface area contributed by atoms with Gasteiger partial charge in [-0.3, -0.25) is 14.3 Å². The van der Waals surface area contributed by atoms with Gasteiger partial charge >= 0.3 is 18.7 Å². The number of benzene rings is 3. The number of hydrogen-bond acceptors (Lipinski definition) is 5. The fourth-order valence-corrected chi connectivity index (χ4v) is 3.76. The molecule has 0 saturated carbocycles. The summed E-state index contributed by atoms with van der Waals surface area (Å²) in [5.41, 5.74) is 2.64. The molecule has 3 aromatic carbocycles. The predicted molar refractivity (Wildman–Crippen MR) is 132 cm³/mol. The van der Waals surface area contributed by atoms with E-state index in [1.165, 1.54) is 41.1 Å². The standard InChI is InChI=1S/C27H19F6N3O5/c28-26(29,30)40-20-9-5-17(6-10-20)22-13-23(18-7-11-21(12-8-18)41-27(31,32)33)36(35-22)15-16-1-3-19(4-2-16)25(39)34-14-24(37)38/h1-13H,14-15H2,(H,34,39)(H,37,38). The first-order valence-corrected chi connectivity index (χ1v) is 11.6. The maximum atomic E-state index is 12.6. The highest BCUT2D eigenvalue weighted by molar-refractivity contribution is 5.95. The average Bonchev–Trinajstić information content (AvgIpc) is 3.30. The summed E-state index contributed by atoms with van der Waals surface area (Å²) in [6.07, 6.45) is -9.72. The Morgan fingerprint density at radius 3 is 1.78 bits per heavy atom. The van der Waals surface area contributed by atoms with E-state index < -0.39 is 42.6 Å². The van der Waals surface area contributed by atoms with Crippen LogP contribution in [0.5, 0.6) is 11.5 Å². The number of carboxylic acids is 1. The molecule has 41 heavy (non-hydrogen) atoms. The first-order chi connectivity index (χ1) is 19.3. The van der Waals surface area contributed by atoms with E-state index in [-0.39, 0.29) is 12.1 Å². The van der Waals surface area contributed by atoms with Gasteiger partial charge in [-0.25, -0.2) is 0 Å². The van der Waals surface area contributed by atoms with E-state index in [9.17, 15) is 35.9 Å². The van der Waals surface area contributed by atoms with E-state index in [0.29, 0.717) is 28.1 Å². The molecular weight excluding hydrogens is 560 g/mol. The number of halogens is 6. The van der Waals surface area contributed by atoms with Crippen LogP contribution in [0.3, 0.4) is 0 Å². The summed E-state index contributed by atoms with van der Waals surface area (Å²) in [5.74, 6) is -2.63. The lowest BCUT2D eigenvalue weighted by Crippen LogP contribution is -2.29. The number of nitrogens with zero attached hydrogens (tertiary/aromatic N) is 2. The first kappa shape index (κ1) is 29.0. The molecule has 0 aliphatic heterocycles. The van der Waals surface area contributed by atoms with Gasteiger partial charge in [-0.05, 0) is 72.3 Å². The van der Waals surface area contributed by atoms with Crippen LogP contribution in [-0.2, 0) is 11.3 Å². The third-order valence-electron chi connectivity index (χ3n) is 5.50. The topological polar surface area (TPSA) is 103 Å². The molecule has 0 aliphatic rings. The third kappa shape index (κ3) is 8.24. The second-order valence-electron chi connectivity index (χ2n) is 8.49. The maximum absolute atomic E-state index is 12.6. The van der Waals surface area contributed by atoms with Gasteiger partial charge in [0.05, 0.1) is 17.9 Å². The Kier molecular flexibility index (Phi) is 8.21. The Labute approximate surface area is 227 Å². The Morgan fingerprint density at radius 2 is 1.29 bits per heavy atom. The second-order valence-corrected chi connectivity index (χ2v) is 8.49. The Morgan fingerprint density at radius 1 is 0.780 bits per heavy atom. The average molecular weight is 579 g/mol. The van der Waals surface area contributed by atoms with Crippen LogP contribution in [0.2, 0.25) is 0 Å². The Balaban J connectivity index is 1.63. The van der Waals surface area contributed by atoms with Crippen LogP contribution in [0.4, 0.5) is 26.3 Å². The van der Waals surface area contributed by atoms with Gasteiger partial charge in [0.25, 0.3) is 5.91 Å². The number of ether oxygens (including phenoxy) is 2. The second kappa shape index (κ2) is 11.6. The molecular formula is C27H19F6N3O5. The number of amides is 1. The molecule has 14 heteroatoms. The highest BCUT2D eigenvalue weighted by atomic mass is 19.4. The Bertz CT molecular complexity index is 1510. The molecule has 0 fully saturated rings. The number of aromatic nitrogens is 2. The van der Waals surface area contributed by atoms with Crippen LogP contribution in [0, 0.1) is 0 Å². The maximum Gasteiger partial charge on any atom is 0.573 e. The summed E-state index contributed by atoms with van der Waals surface area (Å²) in [6, 6.07) is 17.9. The Hall–Kier alpha value is -5.01. The largest absolute Gasteiger partial charge is 0.573 e. The van der Waals surface area contributed by atoms with Crippen molar-refractivity contribution >= 4 is 11.9 Å². The van der Waals surface area contributed by atoms with E-state index in [2.05, 4.69) is 19.9 Å². The molecule has 2 N–H and O–H groups in total. The summed E-state index contributed by atoms with van der Waals surface area (Å²) >= 11 is 0. The zero-order valence-electron chi connectivity index (χ0n) is 20.7. The number of alkyl halides is 6. The summed E-state index contributed by atoms with van der Waals surface area (Å²) < 4.78 is 84.6. The van der Waals surface area contributed by atoms with Crippen LogP contribution < -0.4 is 14.8 Å². The third-order valence-corrected chi connectivity index (χ3v) is 5.50. The van der Waals surface area contributed by atoms with Crippen LogP contribution in [0.1, 0.15) is 15.9 Å². The molecule has 4 aromatic rings. The van der Waals surface area contributed by atoms with E-state index >= 15 is 0 Å². The SMILES string of the molecule is O=C(O)CNC(=O)c1ccc(Cn2nc(-c3ccc(OC(F)(F)F)cc3)cc2-c2ccc(OC(F)(F)F)cc2)cc1. The van der Waals surface area contributed by atoms with Gasteiger partial charge in [0.15, 0.2) is 0 Å². The molecule has 0 saturated heterocycles. The molecule has 0 spiro atoms. The number of hydrogen-bond donors (Lipinski definition) is 2. The number of carbonyl (C=O) groups excluding carboxylic acids is 1. The van der Waals surface area contributed by atoms with Crippen molar-refractivity contribution in [3.05, 3.63) is 90.0 Å². The van der Waals surface area contributed by atoms with Gasteiger partial charge in [-0.15, -0.1) is 26.3 Å². The number of nitrogens with one attached hydrogen (secondary N) is 1. The number of carboxylic acid groups (broad SMARTS) is 1.